The first-order chi connectivity index (χ1) is 11.3. The summed E-state index contributed by atoms with van der Waals surface area (Å²) in [4.78, 5) is 29.2. The Kier molecular flexibility index (Phi) is 3.96. The largest absolute Gasteiger partial charge is 0.296 e. The molecule has 0 aliphatic heterocycles. The van der Waals surface area contributed by atoms with Gasteiger partial charge in [0.05, 0.1) is 11.1 Å². The molecule has 0 unspecified atom stereocenters. The molecule has 3 rings (SSSR count). The molecule has 0 saturated carbocycles. The van der Waals surface area contributed by atoms with Gasteiger partial charge in [-0.1, -0.05) is 39.0 Å². The minimum atomic E-state index is -0.378. The van der Waals surface area contributed by atoms with E-state index < -0.39 is 0 Å². The van der Waals surface area contributed by atoms with Gasteiger partial charge in [-0.3, -0.25) is 14.9 Å². The van der Waals surface area contributed by atoms with Crippen LogP contribution in [0.15, 0.2) is 34.4 Å². The summed E-state index contributed by atoms with van der Waals surface area (Å²) < 4.78 is 1.18. The van der Waals surface area contributed by atoms with Gasteiger partial charge in [-0.15, -0.1) is 11.3 Å². The molecule has 3 aromatic rings. The van der Waals surface area contributed by atoms with Gasteiger partial charge in [-0.2, -0.15) is 5.10 Å². The number of hydrogen-bond donors (Lipinski definition) is 1. The van der Waals surface area contributed by atoms with E-state index >= 15 is 0 Å². The van der Waals surface area contributed by atoms with E-state index in [4.69, 9.17) is 0 Å². The first-order valence-electron chi connectivity index (χ1n) is 7.51. The SMILES string of the molecule is Cn1nc(C(=O)Nc2nc(C(C)(C)C)cs2)c2ccccc2c1=O. The summed E-state index contributed by atoms with van der Waals surface area (Å²) in [6, 6.07) is 6.96. The van der Waals surface area contributed by atoms with E-state index in [1.165, 1.54) is 23.1 Å². The van der Waals surface area contributed by atoms with Crippen LogP contribution in [0, 0.1) is 0 Å². The van der Waals surface area contributed by atoms with Gasteiger partial charge in [0, 0.05) is 23.2 Å². The van der Waals surface area contributed by atoms with Gasteiger partial charge < -0.3 is 0 Å². The number of amides is 1. The van der Waals surface area contributed by atoms with E-state index in [9.17, 15) is 9.59 Å². The molecule has 124 valence electrons. The van der Waals surface area contributed by atoms with Crippen molar-refractivity contribution in [2.75, 3.05) is 5.32 Å². The van der Waals surface area contributed by atoms with Crippen molar-refractivity contribution in [3.05, 3.63) is 51.4 Å². The minimum absolute atomic E-state index is 0.0823. The monoisotopic (exact) mass is 342 g/mol. The van der Waals surface area contributed by atoms with E-state index in [1.54, 1.807) is 24.3 Å². The first kappa shape index (κ1) is 16.3. The number of thiazole rings is 1. The Hall–Kier alpha value is -2.54. The van der Waals surface area contributed by atoms with E-state index in [0.717, 1.165) is 5.69 Å². The number of nitrogens with zero attached hydrogens (tertiary/aromatic N) is 3. The number of carbonyl (C=O) groups is 1. The molecule has 0 fully saturated rings. The molecule has 1 N–H and O–H groups in total. The van der Waals surface area contributed by atoms with E-state index in [-0.39, 0.29) is 22.6 Å². The number of fused-ring (bicyclic) bond motifs is 1. The smallest absolute Gasteiger partial charge is 0.278 e. The van der Waals surface area contributed by atoms with Gasteiger partial charge in [0.1, 0.15) is 0 Å². The van der Waals surface area contributed by atoms with Gasteiger partial charge in [-0.25, -0.2) is 9.67 Å². The fourth-order valence-corrected chi connectivity index (χ4v) is 3.23. The van der Waals surface area contributed by atoms with Crippen molar-refractivity contribution >= 4 is 33.1 Å². The van der Waals surface area contributed by atoms with Crippen LogP contribution in [0.25, 0.3) is 10.8 Å². The van der Waals surface area contributed by atoms with Gasteiger partial charge >= 0.3 is 0 Å². The van der Waals surface area contributed by atoms with Crippen LogP contribution in [-0.4, -0.2) is 20.7 Å². The Morgan fingerprint density at radius 2 is 1.88 bits per heavy atom. The lowest BCUT2D eigenvalue weighted by Gasteiger charge is -2.14. The second kappa shape index (κ2) is 5.83. The lowest BCUT2D eigenvalue weighted by Crippen LogP contribution is -2.25. The average molecular weight is 342 g/mol. The fraction of sp³-hybridized carbons (Fsp3) is 0.294. The lowest BCUT2D eigenvalue weighted by atomic mass is 9.93. The third-order valence-corrected chi connectivity index (χ3v) is 4.42. The van der Waals surface area contributed by atoms with Crippen LogP contribution < -0.4 is 10.9 Å². The van der Waals surface area contributed by atoms with Crippen LogP contribution in [0.5, 0.6) is 0 Å². The van der Waals surface area contributed by atoms with Crippen LogP contribution in [0.2, 0.25) is 0 Å². The summed E-state index contributed by atoms with van der Waals surface area (Å²) in [7, 11) is 1.53. The number of hydrogen-bond acceptors (Lipinski definition) is 5. The Labute approximate surface area is 143 Å². The van der Waals surface area contributed by atoms with Crippen LogP contribution in [0.1, 0.15) is 37.0 Å². The van der Waals surface area contributed by atoms with Crippen LogP contribution in [-0.2, 0) is 12.5 Å². The quantitative estimate of drug-likeness (QED) is 0.777. The van der Waals surface area contributed by atoms with Crippen LogP contribution in [0.3, 0.4) is 0 Å². The lowest BCUT2D eigenvalue weighted by molar-refractivity contribution is 0.102. The molecule has 2 aromatic heterocycles. The van der Waals surface area contributed by atoms with Crippen molar-refractivity contribution in [2.45, 2.75) is 26.2 Å². The minimum Gasteiger partial charge on any atom is -0.296 e. The number of aryl methyl sites for hydroxylation is 1. The van der Waals surface area contributed by atoms with E-state index in [1.807, 2.05) is 5.38 Å². The molecule has 0 aliphatic rings. The molecule has 2 heterocycles. The Morgan fingerprint density at radius 3 is 2.50 bits per heavy atom. The summed E-state index contributed by atoms with van der Waals surface area (Å²) in [6.45, 7) is 6.20. The maximum absolute atomic E-state index is 12.6. The highest BCUT2D eigenvalue weighted by molar-refractivity contribution is 7.14. The molecule has 0 atom stereocenters. The number of benzene rings is 1. The molecule has 0 aliphatic carbocycles. The van der Waals surface area contributed by atoms with Crippen LogP contribution in [0.4, 0.5) is 5.13 Å². The summed E-state index contributed by atoms with van der Waals surface area (Å²) in [5.41, 5.74) is 0.814. The predicted molar refractivity (Wildman–Crippen MR) is 95.8 cm³/mol. The second-order valence-corrected chi connectivity index (χ2v) is 7.42. The summed E-state index contributed by atoms with van der Waals surface area (Å²) >= 11 is 1.37. The van der Waals surface area contributed by atoms with Crippen molar-refractivity contribution < 1.29 is 4.79 Å². The van der Waals surface area contributed by atoms with Crippen molar-refractivity contribution in [1.29, 1.82) is 0 Å². The highest BCUT2D eigenvalue weighted by Crippen LogP contribution is 2.26. The molecule has 24 heavy (non-hydrogen) atoms. The molecule has 1 aromatic carbocycles. The zero-order valence-electron chi connectivity index (χ0n) is 14.0. The highest BCUT2D eigenvalue weighted by Gasteiger charge is 2.20. The molecular formula is C17H18N4O2S. The van der Waals surface area contributed by atoms with Crippen molar-refractivity contribution in [1.82, 2.24) is 14.8 Å². The third-order valence-electron chi connectivity index (χ3n) is 3.66. The van der Waals surface area contributed by atoms with Crippen molar-refractivity contribution in [2.24, 2.45) is 7.05 Å². The van der Waals surface area contributed by atoms with Crippen molar-refractivity contribution in [3.63, 3.8) is 0 Å². The van der Waals surface area contributed by atoms with Gasteiger partial charge in [0.25, 0.3) is 11.5 Å². The average Bonchev–Trinajstić information content (AvgIpc) is 2.99. The number of anilines is 1. The molecule has 7 heteroatoms. The maximum atomic E-state index is 12.6. The first-order valence-corrected chi connectivity index (χ1v) is 8.39. The number of aromatic nitrogens is 3. The molecule has 0 saturated heterocycles. The highest BCUT2D eigenvalue weighted by atomic mass is 32.1. The Morgan fingerprint density at radius 1 is 1.21 bits per heavy atom. The van der Waals surface area contributed by atoms with Gasteiger partial charge in [0.15, 0.2) is 10.8 Å². The summed E-state index contributed by atoms with van der Waals surface area (Å²) in [5.74, 6) is -0.378. The van der Waals surface area contributed by atoms with E-state index in [2.05, 4.69) is 36.2 Å². The summed E-state index contributed by atoms with van der Waals surface area (Å²) in [6.07, 6.45) is 0. The number of nitrogens with one attached hydrogen (secondary N) is 1. The molecule has 0 bridgehead atoms. The number of carbonyl (C=O) groups excluding carboxylic acids is 1. The molecule has 1 amide bonds. The summed E-state index contributed by atoms with van der Waals surface area (Å²) in [5, 5.41) is 10.4. The predicted octanol–water partition coefficient (Wildman–Crippen LogP) is 2.94. The topological polar surface area (TPSA) is 76.9 Å². The zero-order chi connectivity index (χ0) is 17.5. The molecule has 6 nitrogen and oxygen atoms in total. The van der Waals surface area contributed by atoms with Gasteiger partial charge in [0.2, 0.25) is 0 Å². The fourth-order valence-electron chi connectivity index (χ4n) is 2.30. The third kappa shape index (κ3) is 2.94. The Bertz CT molecular complexity index is 982. The second-order valence-electron chi connectivity index (χ2n) is 6.56. The maximum Gasteiger partial charge on any atom is 0.278 e. The molecule has 0 spiro atoms. The molecular weight excluding hydrogens is 324 g/mol. The van der Waals surface area contributed by atoms with Crippen molar-refractivity contribution in [3.8, 4) is 0 Å². The Balaban J connectivity index is 1.99. The zero-order valence-corrected chi connectivity index (χ0v) is 14.8. The van der Waals surface area contributed by atoms with E-state index in [0.29, 0.717) is 15.9 Å². The molecule has 0 radical (unpaired) electrons. The number of rotatable bonds is 2. The normalized spacial score (nSPS) is 11.7. The van der Waals surface area contributed by atoms with Crippen LogP contribution >= 0.6 is 11.3 Å². The standard InChI is InChI=1S/C17H18N4O2S/c1-17(2,3)12-9-24-16(18-12)19-14(22)13-10-7-5-6-8-11(10)15(23)21(4)20-13/h5-9H,1-4H3,(H,18,19,22). The van der Waals surface area contributed by atoms with Gasteiger partial charge in [-0.05, 0) is 6.07 Å².